The molecule has 132 valence electrons. The van der Waals surface area contributed by atoms with Crippen molar-refractivity contribution in [3.63, 3.8) is 0 Å². The Morgan fingerprint density at radius 2 is 2.00 bits per heavy atom. The van der Waals surface area contributed by atoms with E-state index in [1.807, 2.05) is 56.6 Å². The Bertz CT molecular complexity index is 922. The van der Waals surface area contributed by atoms with Crippen molar-refractivity contribution in [2.45, 2.75) is 19.6 Å². The van der Waals surface area contributed by atoms with Crippen LogP contribution in [0.15, 0.2) is 54.7 Å². The number of hydrogen-bond acceptors (Lipinski definition) is 4. The second kappa shape index (κ2) is 7.96. The molecule has 26 heavy (non-hydrogen) atoms. The van der Waals surface area contributed by atoms with Crippen molar-refractivity contribution in [3.8, 4) is 17.3 Å². The average molecular weight is 346 g/mol. The zero-order valence-electron chi connectivity index (χ0n) is 15.0. The first-order valence-corrected chi connectivity index (χ1v) is 8.55. The summed E-state index contributed by atoms with van der Waals surface area (Å²) in [6.45, 7) is 3.08. The average Bonchev–Trinajstić information content (AvgIpc) is 3.02. The quantitative estimate of drug-likeness (QED) is 0.719. The maximum Gasteiger partial charge on any atom is 0.0991 e. The second-order valence-corrected chi connectivity index (χ2v) is 6.43. The SMILES string of the molecule is Cc1cccc(C(O)CNCc2cn(C)nc2-c2ccc(C#N)cc2)c1. The van der Waals surface area contributed by atoms with Crippen LogP contribution >= 0.6 is 0 Å². The van der Waals surface area contributed by atoms with Crippen LogP contribution in [0.1, 0.15) is 28.4 Å². The highest BCUT2D eigenvalue weighted by atomic mass is 16.3. The molecule has 1 atom stereocenters. The molecular weight excluding hydrogens is 324 g/mol. The fraction of sp³-hybridized carbons (Fsp3) is 0.238. The van der Waals surface area contributed by atoms with Gasteiger partial charge in [0.2, 0.25) is 0 Å². The first-order chi connectivity index (χ1) is 12.6. The summed E-state index contributed by atoms with van der Waals surface area (Å²) in [5.74, 6) is 0. The number of rotatable bonds is 6. The molecular formula is C21H22N4O. The molecule has 0 aliphatic rings. The summed E-state index contributed by atoms with van der Waals surface area (Å²) >= 11 is 0. The lowest BCUT2D eigenvalue weighted by Gasteiger charge is -2.13. The molecule has 2 N–H and O–H groups in total. The molecule has 0 amide bonds. The summed E-state index contributed by atoms with van der Waals surface area (Å²) in [6, 6.07) is 17.4. The van der Waals surface area contributed by atoms with Gasteiger partial charge in [0.25, 0.3) is 0 Å². The van der Waals surface area contributed by atoms with E-state index in [1.54, 1.807) is 16.8 Å². The largest absolute Gasteiger partial charge is 0.387 e. The summed E-state index contributed by atoms with van der Waals surface area (Å²) < 4.78 is 1.78. The first-order valence-electron chi connectivity index (χ1n) is 8.55. The molecule has 5 nitrogen and oxygen atoms in total. The van der Waals surface area contributed by atoms with Crippen LogP contribution in [0.3, 0.4) is 0 Å². The number of nitrogens with one attached hydrogen (secondary N) is 1. The van der Waals surface area contributed by atoms with Gasteiger partial charge in [-0.05, 0) is 24.6 Å². The van der Waals surface area contributed by atoms with Crippen molar-refractivity contribution in [3.05, 3.63) is 77.0 Å². The molecule has 0 radical (unpaired) electrons. The van der Waals surface area contributed by atoms with Crippen molar-refractivity contribution in [2.24, 2.45) is 7.05 Å². The highest BCUT2D eigenvalue weighted by Gasteiger charge is 2.12. The van der Waals surface area contributed by atoms with Gasteiger partial charge < -0.3 is 10.4 Å². The lowest BCUT2D eigenvalue weighted by molar-refractivity contribution is 0.174. The summed E-state index contributed by atoms with van der Waals surface area (Å²) in [5, 5.41) is 27.1. The molecule has 1 unspecified atom stereocenters. The second-order valence-electron chi connectivity index (χ2n) is 6.43. The molecule has 0 aliphatic heterocycles. The van der Waals surface area contributed by atoms with Crippen LogP contribution in [0.4, 0.5) is 0 Å². The van der Waals surface area contributed by atoms with Crippen molar-refractivity contribution in [1.82, 2.24) is 15.1 Å². The van der Waals surface area contributed by atoms with Gasteiger partial charge >= 0.3 is 0 Å². The van der Waals surface area contributed by atoms with Gasteiger partial charge in [-0.1, -0.05) is 42.0 Å². The number of nitrogens with zero attached hydrogens (tertiary/aromatic N) is 3. The van der Waals surface area contributed by atoms with Crippen molar-refractivity contribution < 1.29 is 5.11 Å². The van der Waals surface area contributed by atoms with Crippen LogP contribution in [0.5, 0.6) is 0 Å². The minimum absolute atomic E-state index is 0.463. The molecule has 0 spiro atoms. The number of aliphatic hydroxyl groups excluding tert-OH is 1. The van der Waals surface area contributed by atoms with E-state index in [9.17, 15) is 5.11 Å². The van der Waals surface area contributed by atoms with E-state index in [0.717, 1.165) is 27.9 Å². The van der Waals surface area contributed by atoms with Gasteiger partial charge in [-0.15, -0.1) is 0 Å². The third-order valence-corrected chi connectivity index (χ3v) is 4.27. The third kappa shape index (κ3) is 4.17. The normalized spacial score (nSPS) is 11.9. The van der Waals surface area contributed by atoms with Crippen LogP contribution in [-0.4, -0.2) is 21.4 Å². The van der Waals surface area contributed by atoms with Crippen molar-refractivity contribution >= 4 is 0 Å². The summed E-state index contributed by atoms with van der Waals surface area (Å²) in [4.78, 5) is 0. The lowest BCUT2D eigenvalue weighted by Crippen LogP contribution is -2.21. The molecule has 0 saturated heterocycles. The highest BCUT2D eigenvalue weighted by molar-refractivity contribution is 5.63. The predicted molar refractivity (Wildman–Crippen MR) is 101 cm³/mol. The van der Waals surface area contributed by atoms with Gasteiger partial charge in [0, 0.05) is 37.5 Å². The topological polar surface area (TPSA) is 73.9 Å². The Balaban J connectivity index is 1.67. The Hall–Kier alpha value is -2.94. The molecule has 3 rings (SSSR count). The number of aromatic nitrogens is 2. The van der Waals surface area contributed by atoms with E-state index < -0.39 is 6.10 Å². The summed E-state index contributed by atoms with van der Waals surface area (Å²) in [5.41, 5.74) is 5.59. The number of aliphatic hydroxyl groups is 1. The molecule has 0 fully saturated rings. The standard InChI is InChI=1S/C21H22N4O/c1-15-4-3-5-18(10-15)20(26)13-23-12-19-14-25(2)24-21(19)17-8-6-16(11-22)7-9-17/h3-10,14,20,23,26H,12-13H2,1-2H3. The van der Waals surface area contributed by atoms with Crippen LogP contribution in [0, 0.1) is 18.3 Å². The Morgan fingerprint density at radius 1 is 1.23 bits per heavy atom. The van der Waals surface area contributed by atoms with Gasteiger partial charge in [0.1, 0.15) is 0 Å². The smallest absolute Gasteiger partial charge is 0.0991 e. The van der Waals surface area contributed by atoms with Crippen molar-refractivity contribution in [1.29, 1.82) is 5.26 Å². The molecule has 0 aliphatic carbocycles. The minimum Gasteiger partial charge on any atom is -0.387 e. The number of benzene rings is 2. The van der Waals surface area contributed by atoms with E-state index in [4.69, 9.17) is 5.26 Å². The molecule has 1 aromatic heterocycles. The van der Waals surface area contributed by atoms with E-state index in [1.165, 1.54) is 0 Å². The van der Waals surface area contributed by atoms with Crippen LogP contribution in [-0.2, 0) is 13.6 Å². The van der Waals surface area contributed by atoms with Gasteiger partial charge in [-0.25, -0.2) is 0 Å². The Morgan fingerprint density at radius 3 is 2.69 bits per heavy atom. The van der Waals surface area contributed by atoms with Gasteiger partial charge in [-0.3, -0.25) is 4.68 Å². The monoisotopic (exact) mass is 346 g/mol. The lowest BCUT2D eigenvalue weighted by atomic mass is 10.1. The summed E-state index contributed by atoms with van der Waals surface area (Å²) in [7, 11) is 1.89. The minimum atomic E-state index is -0.551. The third-order valence-electron chi connectivity index (χ3n) is 4.27. The molecule has 3 aromatic rings. The summed E-state index contributed by atoms with van der Waals surface area (Å²) in [6.07, 6.45) is 1.42. The predicted octanol–water partition coefficient (Wildman–Crippen LogP) is 3.09. The van der Waals surface area contributed by atoms with Gasteiger partial charge in [0.15, 0.2) is 0 Å². The van der Waals surface area contributed by atoms with Gasteiger partial charge in [0.05, 0.1) is 23.4 Å². The molecule has 2 aromatic carbocycles. The van der Waals surface area contributed by atoms with E-state index in [0.29, 0.717) is 18.7 Å². The van der Waals surface area contributed by atoms with Crippen LogP contribution in [0.25, 0.3) is 11.3 Å². The van der Waals surface area contributed by atoms with E-state index in [-0.39, 0.29) is 0 Å². The van der Waals surface area contributed by atoms with Gasteiger partial charge in [-0.2, -0.15) is 10.4 Å². The maximum absolute atomic E-state index is 10.4. The Labute approximate surface area is 153 Å². The zero-order chi connectivity index (χ0) is 18.5. The molecule has 1 heterocycles. The Kier molecular flexibility index (Phi) is 5.47. The van der Waals surface area contributed by atoms with Crippen LogP contribution < -0.4 is 5.32 Å². The molecule has 0 saturated carbocycles. The first kappa shape index (κ1) is 17.9. The molecule has 0 bridgehead atoms. The highest BCUT2D eigenvalue weighted by Crippen LogP contribution is 2.22. The molecule has 5 heteroatoms. The number of aryl methyl sites for hydroxylation is 2. The maximum atomic E-state index is 10.4. The van der Waals surface area contributed by atoms with Crippen molar-refractivity contribution in [2.75, 3.05) is 6.54 Å². The number of hydrogen-bond donors (Lipinski definition) is 2. The zero-order valence-corrected chi connectivity index (χ0v) is 15.0. The van der Waals surface area contributed by atoms with E-state index in [2.05, 4.69) is 16.5 Å². The fourth-order valence-electron chi connectivity index (χ4n) is 2.95. The van der Waals surface area contributed by atoms with Crippen LogP contribution in [0.2, 0.25) is 0 Å². The number of nitriles is 1. The fourth-order valence-corrected chi connectivity index (χ4v) is 2.95. The van der Waals surface area contributed by atoms with E-state index >= 15 is 0 Å².